The number of ether oxygens (including phenoxy) is 7. The molecule has 232 valence electrons. The van der Waals surface area contributed by atoms with E-state index in [4.69, 9.17) is 33.2 Å². The van der Waals surface area contributed by atoms with Crippen LogP contribution in [0.3, 0.4) is 0 Å². The minimum Gasteiger partial charge on any atom is -0.467 e. The van der Waals surface area contributed by atoms with Crippen molar-refractivity contribution in [3.05, 3.63) is 33.9 Å². The highest BCUT2D eigenvalue weighted by Crippen LogP contribution is 2.35. The summed E-state index contributed by atoms with van der Waals surface area (Å²) in [6.07, 6.45) is -9.22. The molecule has 4 unspecified atom stereocenters. The van der Waals surface area contributed by atoms with Gasteiger partial charge in [0.2, 0.25) is 12.4 Å². The number of amides is 1. The Morgan fingerprint density at radius 1 is 0.976 bits per heavy atom. The number of nitro benzene ring substituents is 1. The molecule has 0 radical (unpaired) electrons. The predicted molar refractivity (Wildman–Crippen MR) is 138 cm³/mol. The molecule has 1 aromatic rings. The van der Waals surface area contributed by atoms with Crippen LogP contribution in [0.15, 0.2) is 18.2 Å². The Hall–Kier alpha value is -4.51. The molecule has 1 aliphatic rings. The van der Waals surface area contributed by atoms with Crippen LogP contribution in [0.5, 0.6) is 5.75 Å². The summed E-state index contributed by atoms with van der Waals surface area (Å²) in [5, 5.41) is 14.4. The summed E-state index contributed by atoms with van der Waals surface area (Å²) in [5.74, 6) is -4.18. The number of methoxy groups -OCH3 is 1. The monoisotopic (exact) mass is 599 g/mol. The van der Waals surface area contributed by atoms with Gasteiger partial charge in [0.05, 0.1) is 12.0 Å². The number of hydrogen-bond acceptors (Lipinski definition) is 15. The number of nitro groups is 1. The molecule has 17 heteroatoms. The number of nitrogens with zero attached hydrogens (tertiary/aromatic N) is 2. The number of benzene rings is 1. The van der Waals surface area contributed by atoms with Gasteiger partial charge in [0.15, 0.2) is 24.1 Å². The molecular weight excluding hydrogens is 566 g/mol. The molecular formula is C25H33N3O14. The van der Waals surface area contributed by atoms with Gasteiger partial charge in [0, 0.05) is 39.9 Å². The van der Waals surface area contributed by atoms with Crippen molar-refractivity contribution in [2.24, 2.45) is 0 Å². The van der Waals surface area contributed by atoms with Gasteiger partial charge >= 0.3 is 35.7 Å². The summed E-state index contributed by atoms with van der Waals surface area (Å²) in [5.41, 5.74) is -0.367. The average Bonchev–Trinajstić information content (AvgIpc) is 2.89. The van der Waals surface area contributed by atoms with Crippen LogP contribution >= 0.6 is 0 Å². The fourth-order valence-electron chi connectivity index (χ4n) is 3.78. The first-order valence-corrected chi connectivity index (χ1v) is 12.5. The number of carbonyl (C=O) groups is 5. The first-order valence-electron chi connectivity index (χ1n) is 12.5. The molecule has 1 aliphatic heterocycles. The molecule has 0 aromatic heterocycles. The van der Waals surface area contributed by atoms with E-state index in [2.05, 4.69) is 5.32 Å². The Bertz CT molecular complexity index is 1170. The molecule has 1 N–H and O–H groups in total. The smallest absolute Gasteiger partial charge is 0.407 e. The van der Waals surface area contributed by atoms with Crippen LogP contribution < -0.4 is 10.1 Å². The molecule has 1 saturated heterocycles. The highest BCUT2D eigenvalue weighted by Gasteiger charge is 2.56. The number of likely N-dealkylation sites (N-methyl/N-ethyl adjacent to an activating group) is 1. The quantitative estimate of drug-likeness (QED) is 0.150. The lowest BCUT2D eigenvalue weighted by molar-refractivity contribution is -0.387. The molecule has 1 heterocycles. The van der Waals surface area contributed by atoms with Gasteiger partial charge < -0.3 is 43.4 Å². The second-order valence-corrected chi connectivity index (χ2v) is 9.15. The standard InChI is InChI=1S/C25H33N3O14/c1-13(29)38-19-20(39-14(2)30)22(40-15(3)31)24(42-21(19)23(32)36-6)41-18-8-7-16(11-17(18)28(34)35)12-37-25(33)26-9-10-27(4)5/h7-8,11,19-22,24H,9-10,12H2,1-6H3,(H,26,33)/t19?,20-,21?,22?,24?/m0/s1. The van der Waals surface area contributed by atoms with Crippen molar-refractivity contribution < 1.29 is 62.1 Å². The molecule has 17 nitrogen and oxygen atoms in total. The zero-order valence-electron chi connectivity index (χ0n) is 23.9. The Labute approximate surface area is 240 Å². The molecule has 0 spiro atoms. The normalized spacial score (nSPS) is 21.5. The molecule has 42 heavy (non-hydrogen) atoms. The number of nitrogens with one attached hydrogen (secondary N) is 1. The van der Waals surface area contributed by atoms with E-state index in [9.17, 15) is 34.1 Å². The molecule has 0 saturated carbocycles. The van der Waals surface area contributed by atoms with Crippen molar-refractivity contribution in [3.63, 3.8) is 0 Å². The Morgan fingerprint density at radius 2 is 1.57 bits per heavy atom. The maximum absolute atomic E-state index is 12.6. The SMILES string of the molecule is COC(=O)C1OC(Oc2ccc(COC(=O)NCCN(C)C)cc2[N+](=O)[O-])C(OC(C)=O)[C@@H](OC(C)=O)C1OC(C)=O. The van der Waals surface area contributed by atoms with E-state index >= 15 is 0 Å². The lowest BCUT2D eigenvalue weighted by atomic mass is 9.97. The summed E-state index contributed by atoms with van der Waals surface area (Å²) < 4.78 is 36.8. The Kier molecular flexibility index (Phi) is 12.4. The van der Waals surface area contributed by atoms with Crippen molar-refractivity contribution in [3.8, 4) is 5.75 Å². The number of hydrogen-bond donors (Lipinski definition) is 1. The number of alkyl carbamates (subject to hydrolysis) is 1. The van der Waals surface area contributed by atoms with Crippen LogP contribution in [-0.4, -0.2) is 105 Å². The van der Waals surface area contributed by atoms with Gasteiger partial charge in [-0.1, -0.05) is 6.07 Å². The van der Waals surface area contributed by atoms with Gasteiger partial charge in [-0.25, -0.2) is 9.59 Å². The number of esters is 4. The first kappa shape index (κ1) is 33.7. The predicted octanol–water partition coefficient (Wildman–Crippen LogP) is 0.454. The summed E-state index contributed by atoms with van der Waals surface area (Å²) in [6, 6.07) is 3.61. The van der Waals surface area contributed by atoms with Crippen molar-refractivity contribution in [1.29, 1.82) is 0 Å². The topological polar surface area (TPSA) is 208 Å². The van der Waals surface area contributed by atoms with Crippen molar-refractivity contribution in [2.75, 3.05) is 34.3 Å². The van der Waals surface area contributed by atoms with Gasteiger partial charge in [-0.3, -0.25) is 24.5 Å². The van der Waals surface area contributed by atoms with Crippen molar-refractivity contribution >= 4 is 35.7 Å². The first-order chi connectivity index (χ1) is 19.7. The second-order valence-electron chi connectivity index (χ2n) is 9.15. The average molecular weight is 600 g/mol. The van der Waals surface area contributed by atoms with E-state index in [-0.39, 0.29) is 12.2 Å². The van der Waals surface area contributed by atoms with E-state index in [1.165, 1.54) is 12.1 Å². The summed E-state index contributed by atoms with van der Waals surface area (Å²) in [4.78, 5) is 73.1. The molecule has 1 fully saturated rings. The van der Waals surface area contributed by atoms with Crippen molar-refractivity contribution in [1.82, 2.24) is 10.2 Å². The van der Waals surface area contributed by atoms with Crippen LogP contribution in [0, 0.1) is 10.1 Å². The number of rotatable bonds is 12. The van der Waals surface area contributed by atoms with Crippen LogP contribution in [0.25, 0.3) is 0 Å². The summed E-state index contributed by atoms with van der Waals surface area (Å²) in [6.45, 7) is 3.63. The van der Waals surface area contributed by atoms with E-state index in [0.29, 0.717) is 13.1 Å². The van der Waals surface area contributed by atoms with E-state index < -0.39 is 77.0 Å². The van der Waals surface area contributed by atoms with E-state index in [1.807, 2.05) is 19.0 Å². The molecule has 5 atom stereocenters. The van der Waals surface area contributed by atoms with Crippen LogP contribution in [0.2, 0.25) is 0 Å². The van der Waals surface area contributed by atoms with Gasteiger partial charge in [-0.15, -0.1) is 0 Å². The van der Waals surface area contributed by atoms with Crippen LogP contribution in [-0.2, 0) is 54.2 Å². The second kappa shape index (κ2) is 15.5. The van der Waals surface area contributed by atoms with Crippen molar-refractivity contribution in [2.45, 2.75) is 58.1 Å². The molecule has 0 aliphatic carbocycles. The fourth-order valence-corrected chi connectivity index (χ4v) is 3.78. The van der Waals surface area contributed by atoms with Crippen LogP contribution in [0.4, 0.5) is 10.5 Å². The minimum atomic E-state index is -1.79. The minimum absolute atomic E-state index is 0.234. The molecule has 2 rings (SSSR count). The third-order valence-corrected chi connectivity index (χ3v) is 5.50. The summed E-state index contributed by atoms with van der Waals surface area (Å²) in [7, 11) is 4.67. The zero-order valence-corrected chi connectivity index (χ0v) is 23.9. The zero-order chi connectivity index (χ0) is 31.6. The lowest BCUT2D eigenvalue weighted by Gasteiger charge is -2.42. The highest BCUT2D eigenvalue weighted by molar-refractivity contribution is 5.77. The number of carbonyl (C=O) groups excluding carboxylic acids is 5. The lowest BCUT2D eigenvalue weighted by Crippen LogP contribution is -2.64. The van der Waals surface area contributed by atoms with Gasteiger partial charge in [-0.2, -0.15) is 0 Å². The van der Waals surface area contributed by atoms with Gasteiger partial charge in [0.25, 0.3) is 0 Å². The molecule has 0 bridgehead atoms. The van der Waals surface area contributed by atoms with Gasteiger partial charge in [-0.05, 0) is 25.7 Å². The van der Waals surface area contributed by atoms with Crippen LogP contribution in [0.1, 0.15) is 26.3 Å². The Balaban J connectivity index is 2.40. The van der Waals surface area contributed by atoms with Gasteiger partial charge in [0.1, 0.15) is 6.61 Å². The largest absolute Gasteiger partial charge is 0.467 e. The maximum atomic E-state index is 12.6. The molecule has 1 amide bonds. The van der Waals surface area contributed by atoms with E-state index in [0.717, 1.165) is 33.9 Å². The fraction of sp³-hybridized carbons (Fsp3) is 0.560. The van der Waals surface area contributed by atoms with E-state index in [1.54, 1.807) is 0 Å². The third kappa shape index (κ3) is 9.84. The maximum Gasteiger partial charge on any atom is 0.407 e. The molecule has 1 aromatic carbocycles. The Morgan fingerprint density at radius 3 is 2.12 bits per heavy atom. The highest BCUT2D eigenvalue weighted by atomic mass is 16.7. The summed E-state index contributed by atoms with van der Waals surface area (Å²) >= 11 is 0. The third-order valence-electron chi connectivity index (χ3n) is 5.50.